The molecular formula is C19H18F3NO2. The number of para-hydroxylation sites is 1. The van der Waals surface area contributed by atoms with Crippen LogP contribution in [0.15, 0.2) is 48.5 Å². The number of nitrogens with zero attached hydrogens (tertiary/aromatic N) is 1. The SMILES string of the molecule is CN(Cc1ccccc1O)C(=O)[C@H]1C[C@@H]1c1ccccc1C(F)(F)F. The minimum Gasteiger partial charge on any atom is -0.508 e. The minimum absolute atomic E-state index is 0.0944. The number of amides is 1. The van der Waals surface area contributed by atoms with E-state index in [9.17, 15) is 23.1 Å². The Morgan fingerprint density at radius 3 is 2.48 bits per heavy atom. The fourth-order valence-electron chi connectivity index (χ4n) is 3.15. The zero-order valence-corrected chi connectivity index (χ0v) is 13.6. The highest BCUT2D eigenvalue weighted by atomic mass is 19.4. The van der Waals surface area contributed by atoms with Crippen molar-refractivity contribution in [1.82, 2.24) is 4.90 Å². The molecule has 2 aromatic rings. The molecule has 1 aliphatic rings. The molecule has 2 atom stereocenters. The van der Waals surface area contributed by atoms with Gasteiger partial charge in [0, 0.05) is 25.1 Å². The van der Waals surface area contributed by atoms with E-state index in [-0.39, 0.29) is 23.8 Å². The molecule has 2 aromatic carbocycles. The average molecular weight is 349 g/mol. The molecule has 0 saturated heterocycles. The minimum atomic E-state index is -4.42. The van der Waals surface area contributed by atoms with Gasteiger partial charge in [0.2, 0.25) is 5.91 Å². The molecule has 0 aliphatic heterocycles. The Hall–Kier alpha value is -2.50. The van der Waals surface area contributed by atoms with Crippen molar-refractivity contribution in [3.63, 3.8) is 0 Å². The predicted molar refractivity (Wildman–Crippen MR) is 86.9 cm³/mol. The first-order valence-electron chi connectivity index (χ1n) is 7.97. The summed E-state index contributed by atoms with van der Waals surface area (Å²) >= 11 is 0. The molecule has 0 unspecified atom stereocenters. The Balaban J connectivity index is 1.72. The highest BCUT2D eigenvalue weighted by molar-refractivity contribution is 5.83. The number of alkyl halides is 3. The highest BCUT2D eigenvalue weighted by Gasteiger charge is 2.48. The van der Waals surface area contributed by atoms with Gasteiger partial charge in [0.15, 0.2) is 0 Å². The summed E-state index contributed by atoms with van der Waals surface area (Å²) < 4.78 is 39.4. The van der Waals surface area contributed by atoms with Crippen molar-refractivity contribution in [2.24, 2.45) is 5.92 Å². The van der Waals surface area contributed by atoms with Crippen LogP contribution >= 0.6 is 0 Å². The zero-order valence-electron chi connectivity index (χ0n) is 13.6. The molecule has 1 aliphatic carbocycles. The summed E-state index contributed by atoms with van der Waals surface area (Å²) in [6.07, 6.45) is -4.01. The summed E-state index contributed by atoms with van der Waals surface area (Å²) in [5.41, 5.74) is 0.120. The van der Waals surface area contributed by atoms with Crippen LogP contribution in [0, 0.1) is 5.92 Å². The van der Waals surface area contributed by atoms with E-state index in [2.05, 4.69) is 0 Å². The van der Waals surface area contributed by atoms with Crippen molar-refractivity contribution >= 4 is 5.91 Å². The van der Waals surface area contributed by atoms with Crippen LogP contribution in [0.25, 0.3) is 0 Å². The Labute approximate surface area is 143 Å². The Kier molecular flexibility index (Phi) is 4.45. The maximum atomic E-state index is 13.1. The normalized spacial score (nSPS) is 19.5. The van der Waals surface area contributed by atoms with Crippen LogP contribution in [0.3, 0.4) is 0 Å². The summed E-state index contributed by atoms with van der Waals surface area (Å²) in [6, 6.07) is 12.1. The summed E-state index contributed by atoms with van der Waals surface area (Å²) in [4.78, 5) is 14.0. The van der Waals surface area contributed by atoms with Gasteiger partial charge in [0.25, 0.3) is 0 Å². The molecule has 0 spiro atoms. The van der Waals surface area contributed by atoms with E-state index >= 15 is 0 Å². The monoisotopic (exact) mass is 349 g/mol. The van der Waals surface area contributed by atoms with E-state index in [1.165, 1.54) is 23.1 Å². The number of halogens is 3. The number of phenols is 1. The molecule has 1 N–H and O–H groups in total. The number of carbonyl (C=O) groups is 1. The number of hydrogen-bond donors (Lipinski definition) is 1. The van der Waals surface area contributed by atoms with Gasteiger partial charge in [-0.3, -0.25) is 4.79 Å². The topological polar surface area (TPSA) is 40.5 Å². The molecule has 0 radical (unpaired) electrons. The summed E-state index contributed by atoms with van der Waals surface area (Å²) in [7, 11) is 1.60. The van der Waals surface area contributed by atoms with Crippen LogP contribution in [0.1, 0.15) is 29.0 Å². The average Bonchev–Trinajstić information content (AvgIpc) is 3.36. The molecule has 1 fully saturated rings. The maximum absolute atomic E-state index is 13.1. The predicted octanol–water partition coefficient (Wildman–Crippen LogP) is 4.17. The summed E-state index contributed by atoms with van der Waals surface area (Å²) in [6.45, 7) is 0.218. The van der Waals surface area contributed by atoms with E-state index in [1.54, 1.807) is 31.3 Å². The Morgan fingerprint density at radius 2 is 1.80 bits per heavy atom. The van der Waals surface area contributed by atoms with Crippen LogP contribution in [0.5, 0.6) is 5.75 Å². The van der Waals surface area contributed by atoms with Gasteiger partial charge in [-0.2, -0.15) is 13.2 Å². The van der Waals surface area contributed by atoms with Crippen LogP contribution in [0.2, 0.25) is 0 Å². The molecular weight excluding hydrogens is 331 g/mol. The molecule has 3 nitrogen and oxygen atoms in total. The van der Waals surface area contributed by atoms with Crippen LogP contribution in [0.4, 0.5) is 13.2 Å². The standard InChI is InChI=1S/C19H18F3NO2/c1-23(11-12-6-2-5-9-17(12)24)18(25)15-10-14(15)13-7-3-4-8-16(13)19(20,21)22/h2-9,14-15,24H,10-11H2,1H3/t14-,15+/m1/s1. The lowest BCUT2D eigenvalue weighted by molar-refractivity contribution is -0.138. The number of rotatable bonds is 4. The first kappa shape index (κ1) is 17.3. The van der Waals surface area contributed by atoms with Gasteiger partial charge < -0.3 is 10.0 Å². The van der Waals surface area contributed by atoms with E-state index in [4.69, 9.17) is 0 Å². The fourth-order valence-corrected chi connectivity index (χ4v) is 3.15. The van der Waals surface area contributed by atoms with E-state index in [1.807, 2.05) is 0 Å². The van der Waals surface area contributed by atoms with Gasteiger partial charge in [-0.1, -0.05) is 36.4 Å². The van der Waals surface area contributed by atoms with Crippen molar-refractivity contribution in [1.29, 1.82) is 0 Å². The van der Waals surface area contributed by atoms with Crippen molar-refractivity contribution < 1.29 is 23.1 Å². The highest BCUT2D eigenvalue weighted by Crippen LogP contribution is 2.51. The molecule has 25 heavy (non-hydrogen) atoms. The lowest BCUT2D eigenvalue weighted by atomic mass is 10.0. The van der Waals surface area contributed by atoms with Gasteiger partial charge in [-0.15, -0.1) is 0 Å². The molecule has 132 valence electrons. The molecule has 1 saturated carbocycles. The third-order valence-electron chi connectivity index (χ3n) is 4.55. The van der Waals surface area contributed by atoms with Crippen LogP contribution in [-0.2, 0) is 17.5 Å². The first-order chi connectivity index (χ1) is 11.8. The molecule has 0 aromatic heterocycles. The maximum Gasteiger partial charge on any atom is 0.416 e. The van der Waals surface area contributed by atoms with E-state index < -0.39 is 23.6 Å². The first-order valence-corrected chi connectivity index (χ1v) is 7.97. The second kappa shape index (κ2) is 6.43. The summed E-state index contributed by atoms with van der Waals surface area (Å²) in [5, 5.41) is 9.79. The molecule has 3 rings (SSSR count). The number of benzene rings is 2. The third-order valence-corrected chi connectivity index (χ3v) is 4.55. The fraction of sp³-hybridized carbons (Fsp3) is 0.316. The molecule has 6 heteroatoms. The van der Waals surface area contributed by atoms with Gasteiger partial charge in [0.05, 0.1) is 5.56 Å². The Morgan fingerprint density at radius 1 is 1.16 bits per heavy atom. The largest absolute Gasteiger partial charge is 0.508 e. The number of aromatic hydroxyl groups is 1. The van der Waals surface area contributed by atoms with Crippen molar-refractivity contribution in [3.8, 4) is 5.75 Å². The smallest absolute Gasteiger partial charge is 0.416 e. The van der Waals surface area contributed by atoms with E-state index in [0.717, 1.165) is 6.07 Å². The molecule has 1 amide bonds. The van der Waals surface area contributed by atoms with Crippen LogP contribution < -0.4 is 0 Å². The van der Waals surface area contributed by atoms with Gasteiger partial charge in [-0.25, -0.2) is 0 Å². The van der Waals surface area contributed by atoms with Crippen molar-refractivity contribution in [2.45, 2.75) is 25.1 Å². The number of hydrogen-bond acceptors (Lipinski definition) is 2. The van der Waals surface area contributed by atoms with Crippen molar-refractivity contribution in [2.75, 3.05) is 7.05 Å². The zero-order chi connectivity index (χ0) is 18.2. The van der Waals surface area contributed by atoms with E-state index in [0.29, 0.717) is 12.0 Å². The summed E-state index contributed by atoms with van der Waals surface area (Å²) in [5.74, 6) is -0.960. The lowest BCUT2D eigenvalue weighted by Crippen LogP contribution is -2.28. The number of carbonyl (C=O) groups excluding carboxylic acids is 1. The van der Waals surface area contributed by atoms with Crippen LogP contribution in [-0.4, -0.2) is 23.0 Å². The van der Waals surface area contributed by atoms with Gasteiger partial charge >= 0.3 is 6.18 Å². The quantitative estimate of drug-likeness (QED) is 0.900. The number of phenolic OH excluding ortho intramolecular Hbond substituents is 1. The van der Waals surface area contributed by atoms with Crippen molar-refractivity contribution in [3.05, 3.63) is 65.2 Å². The molecule has 0 heterocycles. The molecule has 0 bridgehead atoms. The van der Waals surface area contributed by atoms with Gasteiger partial charge in [0.1, 0.15) is 5.75 Å². The lowest BCUT2D eigenvalue weighted by Gasteiger charge is -2.18. The third kappa shape index (κ3) is 3.62. The van der Waals surface area contributed by atoms with Gasteiger partial charge in [-0.05, 0) is 30.0 Å². The second-order valence-electron chi connectivity index (χ2n) is 6.36. The second-order valence-corrected chi connectivity index (χ2v) is 6.36. The Bertz CT molecular complexity index is 788.